The van der Waals surface area contributed by atoms with Gasteiger partial charge >= 0.3 is 0 Å². The molecular weight excluding hydrogens is 396 g/mol. The lowest BCUT2D eigenvalue weighted by Gasteiger charge is -2.29. The fraction of sp³-hybridized carbons (Fsp3) is 0.214. The molecule has 1 saturated carbocycles. The minimum atomic E-state index is -0.0970. The third-order valence-corrected chi connectivity index (χ3v) is 6.33. The maximum Gasteiger partial charge on any atom is 0.274 e. The molecule has 2 atom stereocenters. The summed E-state index contributed by atoms with van der Waals surface area (Å²) in [4.78, 5) is 13.6. The summed E-state index contributed by atoms with van der Waals surface area (Å²) >= 11 is 0. The van der Waals surface area contributed by atoms with E-state index in [1.807, 2.05) is 48.5 Å². The highest BCUT2D eigenvalue weighted by molar-refractivity contribution is 6.09. The highest BCUT2D eigenvalue weighted by Gasteiger charge is 2.43. The van der Waals surface area contributed by atoms with Gasteiger partial charge < -0.3 is 4.74 Å². The molecule has 0 radical (unpaired) electrons. The van der Waals surface area contributed by atoms with Crippen molar-refractivity contribution in [1.29, 1.82) is 0 Å². The van der Waals surface area contributed by atoms with Gasteiger partial charge in [0.25, 0.3) is 5.91 Å². The number of benzene rings is 3. The minimum Gasteiger partial charge on any atom is -0.497 e. The smallest absolute Gasteiger partial charge is 0.274 e. The first-order chi connectivity index (χ1) is 15.7. The summed E-state index contributed by atoms with van der Waals surface area (Å²) in [5.74, 6) is 0.849. The maximum absolute atomic E-state index is 13.6. The van der Waals surface area contributed by atoms with Crippen molar-refractivity contribution >= 4 is 17.7 Å². The Balaban J connectivity index is 1.56. The Morgan fingerprint density at radius 2 is 1.66 bits per heavy atom. The summed E-state index contributed by atoms with van der Waals surface area (Å²) in [5.41, 5.74) is 5.19. The van der Waals surface area contributed by atoms with Crippen LogP contribution in [0, 0.1) is 5.92 Å². The number of carbonyl (C=O) groups is 1. The second-order valence-corrected chi connectivity index (χ2v) is 8.30. The zero-order valence-corrected chi connectivity index (χ0v) is 18.1. The van der Waals surface area contributed by atoms with Crippen LogP contribution in [0.5, 0.6) is 5.75 Å². The molecule has 1 heterocycles. The molecule has 4 heteroatoms. The highest BCUT2D eigenvalue weighted by Crippen LogP contribution is 2.44. The standard InChI is InChI=1S/C28H26N2O2/c1-32-24-17-15-22(16-18-24)28(31)30-27(21-11-6-3-7-12-21)25-14-8-13-23(26(25)29-30)19-20-9-4-2-5-10-20/h2-7,9-12,15-19,25,27H,8,13-14H2,1H3/b23-19+/t25-,27-/m1/s1. The average molecular weight is 423 g/mol. The van der Waals surface area contributed by atoms with Gasteiger partial charge in [-0.15, -0.1) is 0 Å². The van der Waals surface area contributed by atoms with E-state index in [-0.39, 0.29) is 17.9 Å². The molecule has 1 aliphatic heterocycles. The summed E-state index contributed by atoms with van der Waals surface area (Å²) in [6, 6.07) is 27.8. The van der Waals surface area contributed by atoms with Gasteiger partial charge in [-0.2, -0.15) is 5.10 Å². The largest absolute Gasteiger partial charge is 0.497 e. The van der Waals surface area contributed by atoms with Crippen LogP contribution in [0.15, 0.2) is 95.6 Å². The molecule has 0 saturated heterocycles. The van der Waals surface area contributed by atoms with E-state index < -0.39 is 0 Å². The SMILES string of the molecule is COc1ccc(C(=O)N2N=C3/C(=C/c4ccccc4)CCC[C@H]3[C@H]2c2ccccc2)cc1. The summed E-state index contributed by atoms with van der Waals surface area (Å²) in [6.45, 7) is 0. The molecule has 0 N–H and O–H groups in total. The Morgan fingerprint density at radius 1 is 0.969 bits per heavy atom. The zero-order chi connectivity index (χ0) is 21.9. The average Bonchev–Trinajstić information content (AvgIpc) is 3.25. The van der Waals surface area contributed by atoms with Crippen molar-refractivity contribution in [1.82, 2.24) is 5.01 Å². The van der Waals surface area contributed by atoms with E-state index in [0.29, 0.717) is 5.56 Å². The van der Waals surface area contributed by atoms with Gasteiger partial charge in [0.15, 0.2) is 0 Å². The number of ether oxygens (including phenoxy) is 1. The lowest BCUT2D eigenvalue weighted by molar-refractivity contribution is 0.0681. The molecule has 0 unspecified atom stereocenters. The van der Waals surface area contributed by atoms with Crippen LogP contribution in [-0.4, -0.2) is 23.7 Å². The van der Waals surface area contributed by atoms with Gasteiger partial charge in [-0.1, -0.05) is 60.7 Å². The molecule has 32 heavy (non-hydrogen) atoms. The first-order valence-corrected chi connectivity index (χ1v) is 11.1. The Hall–Kier alpha value is -3.66. The summed E-state index contributed by atoms with van der Waals surface area (Å²) in [7, 11) is 1.62. The first-order valence-electron chi connectivity index (χ1n) is 11.1. The van der Waals surface area contributed by atoms with Crippen LogP contribution >= 0.6 is 0 Å². The fourth-order valence-corrected chi connectivity index (χ4v) is 4.77. The summed E-state index contributed by atoms with van der Waals surface area (Å²) < 4.78 is 5.25. The second-order valence-electron chi connectivity index (χ2n) is 8.30. The first kappa shape index (κ1) is 20.3. The molecule has 160 valence electrons. The molecule has 3 aromatic rings. The van der Waals surface area contributed by atoms with E-state index in [1.165, 1.54) is 11.1 Å². The van der Waals surface area contributed by atoms with Crippen LogP contribution in [0.1, 0.15) is 46.8 Å². The van der Waals surface area contributed by atoms with E-state index in [2.05, 4.69) is 42.5 Å². The molecule has 1 amide bonds. The maximum atomic E-state index is 13.6. The van der Waals surface area contributed by atoms with Crippen molar-refractivity contribution in [2.45, 2.75) is 25.3 Å². The van der Waals surface area contributed by atoms with E-state index in [1.54, 1.807) is 12.1 Å². The van der Waals surface area contributed by atoms with Crippen LogP contribution in [0.3, 0.4) is 0 Å². The number of allylic oxidation sites excluding steroid dienone is 1. The number of fused-ring (bicyclic) bond motifs is 1. The van der Waals surface area contributed by atoms with E-state index in [4.69, 9.17) is 9.84 Å². The van der Waals surface area contributed by atoms with Gasteiger partial charge in [-0.3, -0.25) is 4.79 Å². The molecule has 0 bridgehead atoms. The van der Waals surface area contributed by atoms with Crippen molar-refractivity contribution < 1.29 is 9.53 Å². The lowest BCUT2D eigenvalue weighted by Crippen LogP contribution is -2.31. The molecule has 0 aromatic heterocycles. The van der Waals surface area contributed by atoms with Gasteiger partial charge in [-0.05, 0) is 66.3 Å². The molecule has 0 spiro atoms. The number of hydrazone groups is 1. The van der Waals surface area contributed by atoms with Crippen LogP contribution < -0.4 is 4.74 Å². The topological polar surface area (TPSA) is 41.9 Å². The van der Waals surface area contributed by atoms with Crippen molar-refractivity contribution in [2.24, 2.45) is 11.0 Å². The molecule has 2 aliphatic rings. The van der Waals surface area contributed by atoms with Crippen molar-refractivity contribution in [3.63, 3.8) is 0 Å². The Bertz CT molecular complexity index is 1150. The summed E-state index contributed by atoms with van der Waals surface area (Å²) in [6.07, 6.45) is 5.33. The van der Waals surface area contributed by atoms with Crippen molar-refractivity contribution in [3.05, 3.63) is 107 Å². The molecule has 3 aromatic carbocycles. The number of rotatable bonds is 4. The lowest BCUT2D eigenvalue weighted by atomic mass is 9.77. The number of hydrogen-bond donors (Lipinski definition) is 0. The molecule has 5 rings (SSSR count). The Kier molecular flexibility index (Phi) is 5.59. The van der Waals surface area contributed by atoms with Gasteiger partial charge in [-0.25, -0.2) is 5.01 Å². The van der Waals surface area contributed by atoms with E-state index in [0.717, 1.165) is 36.3 Å². The van der Waals surface area contributed by atoms with Gasteiger partial charge in [0.05, 0.1) is 18.9 Å². The van der Waals surface area contributed by atoms with Crippen LogP contribution in [0.25, 0.3) is 6.08 Å². The molecule has 1 aliphatic carbocycles. The predicted molar refractivity (Wildman–Crippen MR) is 128 cm³/mol. The third kappa shape index (κ3) is 3.84. The van der Waals surface area contributed by atoms with Crippen LogP contribution in [0.4, 0.5) is 0 Å². The number of nitrogens with zero attached hydrogens (tertiary/aromatic N) is 2. The monoisotopic (exact) mass is 422 g/mol. The van der Waals surface area contributed by atoms with Gasteiger partial charge in [0.2, 0.25) is 0 Å². The predicted octanol–water partition coefficient (Wildman–Crippen LogP) is 6.13. The van der Waals surface area contributed by atoms with Crippen LogP contribution in [0.2, 0.25) is 0 Å². The minimum absolute atomic E-state index is 0.0810. The zero-order valence-electron chi connectivity index (χ0n) is 18.1. The summed E-state index contributed by atoms with van der Waals surface area (Å²) in [5, 5.41) is 6.67. The molecule has 4 nitrogen and oxygen atoms in total. The van der Waals surface area contributed by atoms with E-state index in [9.17, 15) is 4.79 Å². The number of carbonyl (C=O) groups excluding carboxylic acids is 1. The van der Waals surface area contributed by atoms with Crippen LogP contribution in [-0.2, 0) is 0 Å². The van der Waals surface area contributed by atoms with Gasteiger partial charge in [0.1, 0.15) is 5.75 Å². The van der Waals surface area contributed by atoms with Crippen molar-refractivity contribution in [3.8, 4) is 5.75 Å². The van der Waals surface area contributed by atoms with Crippen molar-refractivity contribution in [2.75, 3.05) is 7.11 Å². The molecular formula is C28H26N2O2. The Labute approximate surface area is 188 Å². The van der Waals surface area contributed by atoms with E-state index >= 15 is 0 Å². The molecule has 1 fully saturated rings. The normalized spacial score (nSPS) is 21.2. The number of amides is 1. The highest BCUT2D eigenvalue weighted by atomic mass is 16.5. The Morgan fingerprint density at radius 3 is 2.34 bits per heavy atom. The quantitative estimate of drug-likeness (QED) is 0.507. The number of hydrogen-bond acceptors (Lipinski definition) is 3. The second kappa shape index (κ2) is 8.83. The fourth-order valence-electron chi connectivity index (χ4n) is 4.77. The van der Waals surface area contributed by atoms with Gasteiger partial charge in [0, 0.05) is 11.5 Å². The third-order valence-electron chi connectivity index (χ3n) is 6.33. The number of methoxy groups -OCH3 is 1.